The number of nitrogens with one attached hydrogen (secondary N) is 1. The van der Waals surface area contributed by atoms with Crippen molar-refractivity contribution in [2.75, 3.05) is 16.8 Å². The number of hydrogen-bond donors (Lipinski definition) is 1. The average Bonchev–Trinajstić information content (AvgIpc) is 2.84. The third-order valence-electron chi connectivity index (χ3n) is 5.12. The SMILES string of the molecule is C[C@H]1C(=O)N(CC(=O)Nc2ccc(C(F)F)cc2)c2cc(F)nc(F)c2-c2cccnc21. The molecule has 10 heteroatoms. The Morgan fingerprint density at radius 3 is 2.59 bits per heavy atom. The van der Waals surface area contributed by atoms with E-state index >= 15 is 0 Å². The number of hydrogen-bond acceptors (Lipinski definition) is 4. The van der Waals surface area contributed by atoms with Crippen LogP contribution in [0.2, 0.25) is 0 Å². The monoisotopic (exact) mass is 444 g/mol. The first kappa shape index (κ1) is 21.4. The molecule has 0 saturated heterocycles. The summed E-state index contributed by atoms with van der Waals surface area (Å²) >= 11 is 0. The standard InChI is InChI=1S/C22H16F4N4O2/c1-11-19-14(3-2-8-27-19)18-15(9-16(23)29-21(18)26)30(22(11)32)10-17(31)28-13-6-4-12(5-7-13)20(24)25/h2-9,11,20H,10H2,1H3,(H,28,31)/t11-/m1/s1. The van der Waals surface area contributed by atoms with E-state index in [0.29, 0.717) is 0 Å². The molecule has 2 aromatic heterocycles. The Hall–Kier alpha value is -3.82. The van der Waals surface area contributed by atoms with Crippen molar-refractivity contribution in [2.24, 2.45) is 0 Å². The van der Waals surface area contributed by atoms with Crippen LogP contribution in [0.3, 0.4) is 0 Å². The number of nitrogens with zero attached hydrogens (tertiary/aromatic N) is 3. The van der Waals surface area contributed by atoms with Gasteiger partial charge >= 0.3 is 0 Å². The van der Waals surface area contributed by atoms with Crippen LogP contribution in [0.25, 0.3) is 11.1 Å². The van der Waals surface area contributed by atoms with Crippen LogP contribution in [0.1, 0.15) is 30.5 Å². The quantitative estimate of drug-likeness (QED) is 0.477. The second-order valence-electron chi connectivity index (χ2n) is 7.18. The van der Waals surface area contributed by atoms with Gasteiger partial charge < -0.3 is 10.2 Å². The summed E-state index contributed by atoms with van der Waals surface area (Å²) in [5.41, 5.74) is 0.280. The number of carbonyl (C=O) groups excluding carboxylic acids is 2. The molecule has 32 heavy (non-hydrogen) atoms. The molecule has 164 valence electrons. The highest BCUT2D eigenvalue weighted by Gasteiger charge is 2.35. The Kier molecular flexibility index (Phi) is 5.60. The molecule has 0 fully saturated rings. The molecule has 1 N–H and O–H groups in total. The van der Waals surface area contributed by atoms with Crippen LogP contribution < -0.4 is 10.2 Å². The molecule has 0 aliphatic carbocycles. The molecule has 0 bridgehead atoms. The largest absolute Gasteiger partial charge is 0.325 e. The van der Waals surface area contributed by atoms with E-state index in [1.165, 1.54) is 18.3 Å². The molecule has 1 atom stereocenters. The fourth-order valence-electron chi connectivity index (χ4n) is 3.60. The van der Waals surface area contributed by atoms with Gasteiger partial charge in [0.15, 0.2) is 0 Å². The van der Waals surface area contributed by atoms with E-state index in [2.05, 4.69) is 15.3 Å². The number of aromatic nitrogens is 2. The van der Waals surface area contributed by atoms with Crippen LogP contribution in [0.4, 0.5) is 28.9 Å². The first-order valence-electron chi connectivity index (χ1n) is 9.57. The van der Waals surface area contributed by atoms with Crippen LogP contribution in [0.5, 0.6) is 0 Å². The normalized spacial score (nSPS) is 15.2. The molecule has 3 heterocycles. The average molecular weight is 444 g/mol. The number of amides is 2. The van der Waals surface area contributed by atoms with Crippen LogP contribution in [-0.2, 0) is 9.59 Å². The summed E-state index contributed by atoms with van der Waals surface area (Å²) in [6.45, 7) is 0.985. The van der Waals surface area contributed by atoms with Crippen LogP contribution in [0.15, 0.2) is 48.7 Å². The molecule has 2 amide bonds. The lowest BCUT2D eigenvalue weighted by Gasteiger charge is -2.24. The molecule has 0 radical (unpaired) electrons. The van der Waals surface area contributed by atoms with Gasteiger partial charge in [0.2, 0.25) is 23.7 Å². The second kappa shape index (κ2) is 8.37. The number of alkyl halides is 2. The summed E-state index contributed by atoms with van der Waals surface area (Å²) in [6, 6.07) is 8.89. The fourth-order valence-corrected chi connectivity index (χ4v) is 3.60. The molecule has 1 aromatic carbocycles. The van der Waals surface area contributed by atoms with Crippen molar-refractivity contribution in [2.45, 2.75) is 19.3 Å². The Labute approximate surface area is 179 Å². The maximum atomic E-state index is 14.7. The minimum Gasteiger partial charge on any atom is -0.325 e. The number of anilines is 2. The Morgan fingerprint density at radius 2 is 1.91 bits per heavy atom. The van der Waals surface area contributed by atoms with Crippen molar-refractivity contribution in [3.63, 3.8) is 0 Å². The number of halogens is 4. The van der Waals surface area contributed by atoms with E-state index in [9.17, 15) is 27.2 Å². The predicted octanol–water partition coefficient (Wildman–Crippen LogP) is 4.45. The summed E-state index contributed by atoms with van der Waals surface area (Å²) in [5, 5.41) is 2.50. The first-order chi connectivity index (χ1) is 15.3. The van der Waals surface area contributed by atoms with E-state index in [1.807, 2.05) is 0 Å². The molecular formula is C22H16F4N4O2. The van der Waals surface area contributed by atoms with Gasteiger partial charge in [0.1, 0.15) is 6.54 Å². The molecule has 0 spiro atoms. The predicted molar refractivity (Wildman–Crippen MR) is 108 cm³/mol. The van der Waals surface area contributed by atoms with Crippen molar-refractivity contribution < 1.29 is 27.2 Å². The highest BCUT2D eigenvalue weighted by atomic mass is 19.3. The topological polar surface area (TPSA) is 75.2 Å². The molecule has 0 unspecified atom stereocenters. The van der Waals surface area contributed by atoms with Crippen molar-refractivity contribution in [1.82, 2.24) is 9.97 Å². The highest BCUT2D eigenvalue weighted by molar-refractivity contribution is 6.09. The van der Waals surface area contributed by atoms with E-state index in [4.69, 9.17) is 0 Å². The zero-order chi connectivity index (χ0) is 23.0. The van der Waals surface area contributed by atoms with Gasteiger partial charge in [-0.2, -0.15) is 13.8 Å². The van der Waals surface area contributed by atoms with Gasteiger partial charge in [0, 0.05) is 29.1 Å². The molecule has 6 nitrogen and oxygen atoms in total. The maximum Gasteiger partial charge on any atom is 0.263 e. The zero-order valence-corrected chi connectivity index (χ0v) is 16.7. The third-order valence-corrected chi connectivity index (χ3v) is 5.12. The number of pyridine rings is 2. The van der Waals surface area contributed by atoms with Gasteiger partial charge in [0.25, 0.3) is 6.43 Å². The van der Waals surface area contributed by atoms with Gasteiger partial charge in [-0.3, -0.25) is 14.6 Å². The molecule has 0 saturated carbocycles. The fraction of sp³-hybridized carbons (Fsp3) is 0.182. The molecule has 1 aliphatic heterocycles. The summed E-state index contributed by atoms with van der Waals surface area (Å²) < 4.78 is 54.1. The van der Waals surface area contributed by atoms with E-state index in [0.717, 1.165) is 23.1 Å². The number of rotatable bonds is 4. The van der Waals surface area contributed by atoms with Crippen molar-refractivity contribution in [1.29, 1.82) is 0 Å². The van der Waals surface area contributed by atoms with Crippen molar-refractivity contribution in [3.05, 3.63) is 71.8 Å². The molecule has 1 aliphatic rings. The van der Waals surface area contributed by atoms with Crippen molar-refractivity contribution >= 4 is 23.2 Å². The van der Waals surface area contributed by atoms with Gasteiger partial charge in [-0.25, -0.2) is 8.78 Å². The Bertz CT molecular complexity index is 1200. The Balaban J connectivity index is 1.69. The zero-order valence-electron chi connectivity index (χ0n) is 16.7. The highest BCUT2D eigenvalue weighted by Crippen LogP contribution is 2.41. The minimum absolute atomic E-state index is 0.138. The lowest BCUT2D eigenvalue weighted by atomic mass is 9.98. The number of carbonyl (C=O) groups is 2. The third kappa shape index (κ3) is 3.91. The second-order valence-corrected chi connectivity index (χ2v) is 7.18. The van der Waals surface area contributed by atoms with E-state index in [-0.39, 0.29) is 33.8 Å². The summed E-state index contributed by atoms with van der Waals surface area (Å²) in [6.07, 6.45) is -1.20. The maximum absolute atomic E-state index is 14.7. The van der Waals surface area contributed by atoms with Crippen molar-refractivity contribution in [3.8, 4) is 11.1 Å². The van der Waals surface area contributed by atoms with Crippen LogP contribution in [-0.4, -0.2) is 28.3 Å². The molecule has 3 aromatic rings. The summed E-state index contributed by atoms with van der Waals surface area (Å²) in [5.74, 6) is -4.40. The lowest BCUT2D eigenvalue weighted by molar-refractivity contribution is -0.122. The van der Waals surface area contributed by atoms with Gasteiger partial charge in [-0.05, 0) is 25.1 Å². The summed E-state index contributed by atoms with van der Waals surface area (Å²) in [4.78, 5) is 34.2. The lowest BCUT2D eigenvalue weighted by Crippen LogP contribution is -2.40. The smallest absolute Gasteiger partial charge is 0.263 e. The number of fused-ring (bicyclic) bond motifs is 3. The van der Waals surface area contributed by atoms with E-state index < -0.39 is 42.6 Å². The molecule has 4 rings (SSSR count). The first-order valence-corrected chi connectivity index (χ1v) is 9.57. The number of benzene rings is 1. The minimum atomic E-state index is -2.65. The van der Waals surface area contributed by atoms with Crippen LogP contribution >= 0.6 is 0 Å². The van der Waals surface area contributed by atoms with Crippen LogP contribution in [0, 0.1) is 11.9 Å². The van der Waals surface area contributed by atoms with Gasteiger partial charge in [-0.1, -0.05) is 18.2 Å². The summed E-state index contributed by atoms with van der Waals surface area (Å²) in [7, 11) is 0. The Morgan fingerprint density at radius 1 is 1.19 bits per heavy atom. The van der Waals surface area contributed by atoms with Gasteiger partial charge in [0.05, 0.1) is 22.9 Å². The van der Waals surface area contributed by atoms with E-state index in [1.54, 1.807) is 19.1 Å². The molecular weight excluding hydrogens is 428 g/mol. The van der Waals surface area contributed by atoms with Gasteiger partial charge in [-0.15, -0.1) is 0 Å².